The van der Waals surface area contributed by atoms with Crippen molar-refractivity contribution in [2.24, 2.45) is 7.05 Å². The van der Waals surface area contributed by atoms with Crippen molar-refractivity contribution in [1.29, 1.82) is 0 Å². The molecule has 0 radical (unpaired) electrons. The first kappa shape index (κ1) is 27.6. The lowest BCUT2D eigenvalue weighted by molar-refractivity contribution is -0.113. The molecule has 0 saturated heterocycles. The van der Waals surface area contributed by atoms with Crippen molar-refractivity contribution in [3.05, 3.63) is 40.3 Å². The van der Waals surface area contributed by atoms with Crippen LogP contribution in [0.4, 0.5) is 5.00 Å². The Kier molecular flexibility index (Phi) is 8.72. The number of benzene rings is 1. The van der Waals surface area contributed by atoms with E-state index in [-0.39, 0.29) is 28.1 Å². The van der Waals surface area contributed by atoms with Crippen molar-refractivity contribution < 1.29 is 23.9 Å². The Bertz CT molecular complexity index is 1330. The van der Waals surface area contributed by atoms with E-state index < -0.39 is 5.97 Å². The second-order valence-corrected chi connectivity index (χ2v) is 11.2. The van der Waals surface area contributed by atoms with Gasteiger partial charge in [-0.1, -0.05) is 11.8 Å². The molecule has 1 aromatic carbocycles. The molecule has 2 amide bonds. The Hall–Kier alpha value is -3.38. The summed E-state index contributed by atoms with van der Waals surface area (Å²) in [5.74, 6) is 0.348. The van der Waals surface area contributed by atoms with Gasteiger partial charge in [-0.3, -0.25) is 9.59 Å². The highest BCUT2D eigenvalue weighted by atomic mass is 32.2. The van der Waals surface area contributed by atoms with Gasteiger partial charge in [0.1, 0.15) is 10.8 Å². The van der Waals surface area contributed by atoms with Gasteiger partial charge in [0.25, 0.3) is 5.91 Å². The van der Waals surface area contributed by atoms with Crippen LogP contribution in [0.15, 0.2) is 29.4 Å². The van der Waals surface area contributed by atoms with Gasteiger partial charge >= 0.3 is 5.97 Å². The summed E-state index contributed by atoms with van der Waals surface area (Å²) in [5.41, 5.74) is 1.55. The first-order valence-electron chi connectivity index (χ1n) is 12.2. The zero-order chi connectivity index (χ0) is 27.4. The van der Waals surface area contributed by atoms with Crippen molar-refractivity contribution >= 4 is 45.9 Å². The maximum absolute atomic E-state index is 12.8. The second kappa shape index (κ2) is 12.0. The van der Waals surface area contributed by atoms with Crippen LogP contribution in [0.1, 0.15) is 51.3 Å². The molecule has 2 heterocycles. The summed E-state index contributed by atoms with van der Waals surface area (Å²) in [5, 5.41) is 12.1. The predicted molar refractivity (Wildman–Crippen MR) is 147 cm³/mol. The van der Waals surface area contributed by atoms with E-state index in [1.165, 1.54) is 36.6 Å². The molecular formula is C26H31N5O5S2. The Morgan fingerprint density at radius 3 is 2.47 bits per heavy atom. The lowest BCUT2D eigenvalue weighted by Crippen LogP contribution is -2.21. The molecule has 1 fully saturated rings. The zero-order valence-electron chi connectivity index (χ0n) is 22.1. The van der Waals surface area contributed by atoms with Crippen LogP contribution in [0.5, 0.6) is 5.75 Å². The van der Waals surface area contributed by atoms with Gasteiger partial charge in [-0.2, -0.15) is 0 Å². The summed E-state index contributed by atoms with van der Waals surface area (Å²) < 4.78 is 12.7. The average Bonchev–Trinajstić information content (AvgIpc) is 3.62. The van der Waals surface area contributed by atoms with Crippen LogP contribution in [0, 0.1) is 6.92 Å². The second-order valence-electron chi connectivity index (χ2n) is 9.20. The van der Waals surface area contributed by atoms with E-state index in [2.05, 4.69) is 15.5 Å². The minimum Gasteiger partial charge on any atom is -0.490 e. The highest BCUT2D eigenvalue weighted by Crippen LogP contribution is 2.35. The van der Waals surface area contributed by atoms with Gasteiger partial charge in [0.05, 0.1) is 29.4 Å². The quantitative estimate of drug-likeness (QED) is 0.304. The number of ether oxygens (including phenoxy) is 2. The number of nitrogens with one attached hydrogen (secondary N) is 1. The number of hydrogen-bond donors (Lipinski definition) is 1. The highest BCUT2D eigenvalue weighted by Gasteiger charge is 2.27. The van der Waals surface area contributed by atoms with Crippen molar-refractivity contribution in [3.8, 4) is 17.1 Å². The van der Waals surface area contributed by atoms with Crippen LogP contribution < -0.4 is 10.1 Å². The molecule has 12 heteroatoms. The summed E-state index contributed by atoms with van der Waals surface area (Å²) in [6, 6.07) is 7.80. The van der Waals surface area contributed by atoms with E-state index in [0.717, 1.165) is 35.5 Å². The maximum atomic E-state index is 12.8. The zero-order valence-corrected chi connectivity index (χ0v) is 23.7. The van der Waals surface area contributed by atoms with Crippen molar-refractivity contribution in [3.63, 3.8) is 0 Å². The summed E-state index contributed by atoms with van der Waals surface area (Å²) in [7, 11) is 6.36. The number of esters is 1. The molecule has 1 saturated carbocycles. The molecule has 10 nitrogen and oxygen atoms in total. The van der Waals surface area contributed by atoms with E-state index >= 15 is 0 Å². The number of carbonyl (C=O) groups is 3. The highest BCUT2D eigenvalue weighted by molar-refractivity contribution is 7.99. The van der Waals surface area contributed by atoms with Gasteiger partial charge in [-0.05, 0) is 62.4 Å². The van der Waals surface area contributed by atoms with Gasteiger partial charge in [0, 0.05) is 26.7 Å². The molecule has 4 rings (SSSR count). The number of thiophene rings is 1. The monoisotopic (exact) mass is 557 g/mol. The summed E-state index contributed by atoms with van der Waals surface area (Å²) in [4.78, 5) is 39.5. The van der Waals surface area contributed by atoms with Crippen molar-refractivity contribution in [1.82, 2.24) is 19.7 Å². The lowest BCUT2D eigenvalue weighted by atomic mass is 10.1. The van der Waals surface area contributed by atoms with E-state index in [9.17, 15) is 14.4 Å². The third-order valence-corrected chi connectivity index (χ3v) is 8.49. The van der Waals surface area contributed by atoms with Gasteiger partial charge < -0.3 is 24.3 Å². The molecule has 0 atom stereocenters. The Balaban J connectivity index is 1.41. The lowest BCUT2D eigenvalue weighted by Gasteiger charge is -2.13. The van der Waals surface area contributed by atoms with Crippen LogP contribution in [0.25, 0.3) is 11.4 Å². The first-order valence-corrected chi connectivity index (χ1v) is 14.0. The fourth-order valence-electron chi connectivity index (χ4n) is 4.22. The third kappa shape index (κ3) is 6.02. The SMILES string of the molecule is COC(=O)c1c(NC(=O)CSc2nnc(-c3ccc(OC4CCCC4)cc3)n2C)sc(C(=O)N(C)C)c1C. The Morgan fingerprint density at radius 1 is 1.16 bits per heavy atom. The maximum Gasteiger partial charge on any atom is 0.341 e. The fourth-order valence-corrected chi connectivity index (χ4v) is 6.17. The normalized spacial score (nSPS) is 13.4. The number of aromatic nitrogens is 3. The van der Waals surface area contributed by atoms with E-state index in [4.69, 9.17) is 9.47 Å². The minimum absolute atomic E-state index is 0.0364. The standard InChI is InChI=1S/C26H31N5O5S2/c1-15-20(25(34)35-5)23(38-21(15)24(33)30(2)3)27-19(32)14-37-26-29-28-22(31(26)4)16-10-12-18(13-11-16)36-17-8-6-7-9-17/h10-13,17H,6-9,14H2,1-5H3,(H,27,32). The summed E-state index contributed by atoms with van der Waals surface area (Å²) in [6.45, 7) is 1.67. The molecule has 0 aliphatic heterocycles. The number of thioether (sulfide) groups is 1. The van der Waals surface area contributed by atoms with E-state index in [1.54, 1.807) is 21.0 Å². The smallest absolute Gasteiger partial charge is 0.341 e. The number of rotatable bonds is 9. The molecule has 1 aliphatic rings. The number of anilines is 1. The Morgan fingerprint density at radius 2 is 1.84 bits per heavy atom. The Labute approximate surface area is 229 Å². The molecule has 1 aliphatic carbocycles. The summed E-state index contributed by atoms with van der Waals surface area (Å²) in [6.07, 6.45) is 4.94. The van der Waals surface area contributed by atoms with Gasteiger partial charge in [0.15, 0.2) is 11.0 Å². The molecular weight excluding hydrogens is 526 g/mol. The topological polar surface area (TPSA) is 116 Å². The van der Waals surface area contributed by atoms with Gasteiger partial charge in [-0.15, -0.1) is 21.5 Å². The number of hydrogen-bond acceptors (Lipinski definition) is 9. The molecule has 3 aromatic rings. The van der Waals surface area contributed by atoms with Crippen LogP contribution >= 0.6 is 23.1 Å². The molecule has 202 valence electrons. The predicted octanol–water partition coefficient (Wildman–Crippen LogP) is 4.39. The average molecular weight is 558 g/mol. The number of nitrogens with zero attached hydrogens (tertiary/aromatic N) is 4. The van der Waals surface area contributed by atoms with E-state index in [1.807, 2.05) is 35.9 Å². The summed E-state index contributed by atoms with van der Waals surface area (Å²) >= 11 is 2.28. The third-order valence-electron chi connectivity index (χ3n) is 6.27. The first-order chi connectivity index (χ1) is 18.2. The van der Waals surface area contributed by atoms with E-state index in [0.29, 0.717) is 27.5 Å². The largest absolute Gasteiger partial charge is 0.490 e. The molecule has 2 aromatic heterocycles. The molecule has 0 bridgehead atoms. The molecule has 0 spiro atoms. The van der Waals surface area contributed by atoms with Crippen LogP contribution in [-0.4, -0.2) is 70.5 Å². The van der Waals surface area contributed by atoms with Crippen molar-refractivity contribution in [2.45, 2.75) is 43.9 Å². The van der Waals surface area contributed by atoms with Crippen LogP contribution in [-0.2, 0) is 16.6 Å². The van der Waals surface area contributed by atoms with Gasteiger partial charge in [0.2, 0.25) is 5.91 Å². The van der Waals surface area contributed by atoms with Gasteiger partial charge in [-0.25, -0.2) is 4.79 Å². The molecule has 1 N–H and O–H groups in total. The number of amides is 2. The van der Waals surface area contributed by atoms with Crippen LogP contribution in [0.3, 0.4) is 0 Å². The number of carbonyl (C=O) groups excluding carboxylic acids is 3. The fraction of sp³-hybridized carbons (Fsp3) is 0.423. The minimum atomic E-state index is -0.614. The van der Waals surface area contributed by atoms with Crippen molar-refractivity contribution in [2.75, 3.05) is 32.3 Å². The molecule has 38 heavy (non-hydrogen) atoms. The number of methoxy groups -OCH3 is 1. The molecule has 0 unspecified atom stereocenters. The van der Waals surface area contributed by atoms with Crippen LogP contribution in [0.2, 0.25) is 0 Å².